The summed E-state index contributed by atoms with van der Waals surface area (Å²) in [5.74, 6) is -6.82. The molecule has 5 nitrogen and oxygen atoms in total. The van der Waals surface area contributed by atoms with E-state index in [4.69, 9.17) is 5.11 Å². The fraction of sp³-hybridized carbons (Fsp3) is 0.222. The first-order valence-electron chi connectivity index (χ1n) is 4.49. The Kier molecular flexibility index (Phi) is 3.97. The third-order valence-electron chi connectivity index (χ3n) is 2.05. The van der Waals surface area contributed by atoms with E-state index >= 15 is 0 Å². The van der Waals surface area contributed by atoms with Gasteiger partial charge in [-0.1, -0.05) is 0 Å². The second-order valence-corrected chi connectivity index (χ2v) is 5.34. The summed E-state index contributed by atoms with van der Waals surface area (Å²) in [6, 6.07) is 0.974. The average molecular weight is 283 g/mol. The Morgan fingerprint density at radius 2 is 1.83 bits per heavy atom. The van der Waals surface area contributed by atoms with Crippen molar-refractivity contribution in [3.05, 3.63) is 29.6 Å². The molecule has 0 spiro atoms. The van der Waals surface area contributed by atoms with Crippen molar-refractivity contribution in [2.45, 2.75) is 4.90 Å². The molecule has 0 saturated heterocycles. The van der Waals surface area contributed by atoms with Gasteiger partial charge in [0.25, 0.3) is 0 Å². The van der Waals surface area contributed by atoms with E-state index in [1.54, 1.807) is 0 Å². The average Bonchev–Trinajstić information content (AvgIpc) is 2.24. The molecule has 1 N–H and O–H groups in total. The maximum Gasteiger partial charge on any atom is 0.318 e. The molecule has 0 saturated carbocycles. The summed E-state index contributed by atoms with van der Waals surface area (Å²) in [5.41, 5.74) is 0. The summed E-state index contributed by atoms with van der Waals surface area (Å²) in [7, 11) is -3.65. The lowest BCUT2D eigenvalue weighted by atomic mass is 10.3. The number of halogens is 3. The van der Waals surface area contributed by atoms with Crippen LogP contribution in [0.15, 0.2) is 17.0 Å². The third kappa shape index (κ3) is 2.62. The van der Waals surface area contributed by atoms with Crippen molar-refractivity contribution in [1.29, 1.82) is 0 Å². The molecule has 1 aromatic carbocycles. The molecule has 18 heavy (non-hydrogen) atoms. The van der Waals surface area contributed by atoms with Crippen LogP contribution in [0.3, 0.4) is 0 Å². The van der Waals surface area contributed by atoms with E-state index in [2.05, 4.69) is 0 Å². The molecule has 0 aliphatic carbocycles. The summed E-state index contributed by atoms with van der Waals surface area (Å²) in [4.78, 5) is 9.24. The minimum atomic E-state index is -4.53. The molecule has 0 aliphatic rings. The highest BCUT2D eigenvalue weighted by Gasteiger charge is 2.28. The molecule has 0 radical (unpaired) electrons. The van der Waals surface area contributed by atoms with Crippen LogP contribution in [0.5, 0.6) is 0 Å². The Labute approximate surface area is 100 Å². The molecule has 0 amide bonds. The van der Waals surface area contributed by atoms with Crippen LogP contribution in [0.4, 0.5) is 13.2 Å². The van der Waals surface area contributed by atoms with Crippen molar-refractivity contribution < 1.29 is 31.5 Å². The predicted molar refractivity (Wildman–Crippen MR) is 53.8 cm³/mol. The number of carboxylic acids is 1. The maximum atomic E-state index is 13.3. The first kappa shape index (κ1) is 14.5. The molecule has 9 heteroatoms. The van der Waals surface area contributed by atoms with E-state index < -0.39 is 44.9 Å². The Hall–Kier alpha value is -1.61. The highest BCUT2D eigenvalue weighted by Crippen LogP contribution is 2.22. The van der Waals surface area contributed by atoms with Gasteiger partial charge in [0.1, 0.15) is 11.4 Å². The summed E-state index contributed by atoms with van der Waals surface area (Å²) in [6.45, 7) is -0.930. The lowest BCUT2D eigenvalue weighted by molar-refractivity contribution is -0.137. The van der Waals surface area contributed by atoms with Crippen molar-refractivity contribution in [2.24, 2.45) is 0 Å². The Morgan fingerprint density at radius 1 is 1.28 bits per heavy atom. The van der Waals surface area contributed by atoms with Gasteiger partial charge in [-0.2, -0.15) is 4.31 Å². The number of hydrogen-bond donors (Lipinski definition) is 1. The second kappa shape index (κ2) is 4.94. The minimum Gasteiger partial charge on any atom is -0.480 e. The highest BCUT2D eigenvalue weighted by molar-refractivity contribution is 7.89. The molecular formula is C9H8F3NO4S. The van der Waals surface area contributed by atoms with Gasteiger partial charge in [0, 0.05) is 7.05 Å². The molecule has 0 aromatic heterocycles. The molecule has 0 atom stereocenters. The first-order chi connectivity index (χ1) is 8.17. The molecule has 0 fully saturated rings. The number of nitrogens with zero attached hydrogens (tertiary/aromatic N) is 1. The summed E-state index contributed by atoms with van der Waals surface area (Å²) >= 11 is 0. The summed E-state index contributed by atoms with van der Waals surface area (Å²) in [6.07, 6.45) is 0. The van der Waals surface area contributed by atoms with Crippen LogP contribution in [0, 0.1) is 17.5 Å². The zero-order valence-electron chi connectivity index (χ0n) is 9.02. The number of rotatable bonds is 4. The quantitative estimate of drug-likeness (QED) is 0.830. The van der Waals surface area contributed by atoms with Crippen molar-refractivity contribution in [3.63, 3.8) is 0 Å². The van der Waals surface area contributed by atoms with Crippen LogP contribution in [0.1, 0.15) is 0 Å². The molecular weight excluding hydrogens is 275 g/mol. The smallest absolute Gasteiger partial charge is 0.318 e. The van der Waals surface area contributed by atoms with Gasteiger partial charge in [0.05, 0.1) is 0 Å². The van der Waals surface area contributed by atoms with Crippen molar-refractivity contribution in [3.8, 4) is 0 Å². The normalized spacial score (nSPS) is 11.8. The first-order valence-corrected chi connectivity index (χ1v) is 5.93. The lowest BCUT2D eigenvalue weighted by Crippen LogP contribution is -2.32. The predicted octanol–water partition coefficient (Wildman–Crippen LogP) is 0.809. The van der Waals surface area contributed by atoms with Gasteiger partial charge in [-0.15, -0.1) is 0 Å². The largest absolute Gasteiger partial charge is 0.480 e. The van der Waals surface area contributed by atoms with Gasteiger partial charge < -0.3 is 5.11 Å². The lowest BCUT2D eigenvalue weighted by Gasteiger charge is -2.15. The molecule has 1 aromatic rings. The zero-order chi connectivity index (χ0) is 14.1. The van der Waals surface area contributed by atoms with Gasteiger partial charge >= 0.3 is 5.97 Å². The number of benzene rings is 1. The van der Waals surface area contributed by atoms with Gasteiger partial charge in [0.15, 0.2) is 17.5 Å². The summed E-state index contributed by atoms with van der Waals surface area (Å²) in [5, 5.41) is 8.43. The number of aliphatic carboxylic acids is 1. The molecule has 0 aliphatic heterocycles. The number of hydrogen-bond acceptors (Lipinski definition) is 3. The van der Waals surface area contributed by atoms with E-state index in [1.807, 2.05) is 0 Å². The summed E-state index contributed by atoms with van der Waals surface area (Å²) < 4.78 is 62.5. The SMILES string of the molecule is CN(CC(=O)O)S(=O)(=O)c1ccc(F)c(F)c1F. The van der Waals surface area contributed by atoms with Gasteiger partial charge in [-0.05, 0) is 12.1 Å². The Bertz CT molecular complexity index is 588. The van der Waals surface area contributed by atoms with Gasteiger partial charge in [0.2, 0.25) is 10.0 Å². The van der Waals surface area contributed by atoms with E-state index in [0.717, 1.165) is 7.05 Å². The van der Waals surface area contributed by atoms with Crippen LogP contribution in [-0.4, -0.2) is 37.4 Å². The number of carbonyl (C=O) groups is 1. The fourth-order valence-electron chi connectivity index (χ4n) is 1.15. The van der Waals surface area contributed by atoms with E-state index in [9.17, 15) is 26.4 Å². The van der Waals surface area contributed by atoms with E-state index in [1.165, 1.54) is 0 Å². The van der Waals surface area contributed by atoms with Crippen LogP contribution >= 0.6 is 0 Å². The number of likely N-dealkylation sites (N-methyl/N-ethyl adjacent to an activating group) is 1. The zero-order valence-corrected chi connectivity index (χ0v) is 9.84. The topological polar surface area (TPSA) is 74.7 Å². The molecule has 0 unspecified atom stereocenters. The minimum absolute atomic E-state index is 0.311. The number of carboxylic acid groups (broad SMARTS) is 1. The van der Waals surface area contributed by atoms with Crippen LogP contribution < -0.4 is 0 Å². The highest BCUT2D eigenvalue weighted by atomic mass is 32.2. The molecule has 100 valence electrons. The van der Waals surface area contributed by atoms with Crippen molar-refractivity contribution >= 4 is 16.0 Å². The Balaban J connectivity index is 3.29. The van der Waals surface area contributed by atoms with Crippen LogP contribution in [-0.2, 0) is 14.8 Å². The van der Waals surface area contributed by atoms with E-state index in [-0.39, 0.29) is 0 Å². The van der Waals surface area contributed by atoms with Crippen LogP contribution in [0.25, 0.3) is 0 Å². The molecule has 0 bridgehead atoms. The standard InChI is InChI=1S/C9H8F3NO4S/c1-13(4-7(14)15)18(16,17)6-3-2-5(10)8(11)9(6)12/h2-3H,4H2,1H3,(H,14,15). The van der Waals surface area contributed by atoms with Gasteiger partial charge in [-0.3, -0.25) is 4.79 Å². The molecule has 1 rings (SSSR count). The third-order valence-corrected chi connectivity index (χ3v) is 3.87. The number of sulfonamides is 1. The maximum absolute atomic E-state index is 13.3. The van der Waals surface area contributed by atoms with Crippen molar-refractivity contribution in [2.75, 3.05) is 13.6 Å². The fourth-order valence-corrected chi connectivity index (χ4v) is 2.32. The van der Waals surface area contributed by atoms with Crippen molar-refractivity contribution in [1.82, 2.24) is 4.31 Å². The Morgan fingerprint density at radius 3 is 2.33 bits per heavy atom. The second-order valence-electron chi connectivity index (χ2n) is 3.33. The molecule has 0 heterocycles. The van der Waals surface area contributed by atoms with E-state index in [0.29, 0.717) is 16.4 Å². The monoisotopic (exact) mass is 283 g/mol. The van der Waals surface area contributed by atoms with Gasteiger partial charge in [-0.25, -0.2) is 21.6 Å². The van der Waals surface area contributed by atoms with Crippen LogP contribution in [0.2, 0.25) is 0 Å².